The number of nitrogens with one attached hydrogen (secondary N) is 1. The zero-order valence-electron chi connectivity index (χ0n) is 17.1. The molecule has 1 atom stereocenters. The summed E-state index contributed by atoms with van der Waals surface area (Å²) >= 11 is 6.20. The number of halogens is 1. The average molecular weight is 452 g/mol. The number of amides is 1. The van der Waals surface area contributed by atoms with Crippen molar-refractivity contribution in [1.29, 1.82) is 0 Å². The van der Waals surface area contributed by atoms with Gasteiger partial charge in [0.05, 0.1) is 12.8 Å². The molecule has 1 amide bonds. The summed E-state index contributed by atoms with van der Waals surface area (Å²) in [5.41, 5.74) is 3.16. The lowest BCUT2D eigenvalue weighted by Crippen LogP contribution is -2.38. The zero-order chi connectivity index (χ0) is 23.1. The van der Waals surface area contributed by atoms with Gasteiger partial charge in [0.15, 0.2) is 0 Å². The topological polar surface area (TPSA) is 104 Å². The molecule has 0 aliphatic rings. The third kappa shape index (κ3) is 6.18. The second-order valence-electron chi connectivity index (χ2n) is 7.37. The van der Waals surface area contributed by atoms with E-state index in [9.17, 15) is 24.6 Å². The first-order valence-corrected chi connectivity index (χ1v) is 10.4. The summed E-state index contributed by atoms with van der Waals surface area (Å²) in [4.78, 5) is 35.5. The highest BCUT2D eigenvalue weighted by Crippen LogP contribution is 2.25. The summed E-state index contributed by atoms with van der Waals surface area (Å²) < 4.78 is 0. The van der Waals surface area contributed by atoms with Crippen molar-refractivity contribution in [1.82, 2.24) is 5.32 Å². The molecule has 3 N–H and O–H groups in total. The molecular formula is C25H22ClNO5. The second kappa shape index (κ2) is 10.6. The molecule has 7 heteroatoms. The molecule has 0 saturated heterocycles. The van der Waals surface area contributed by atoms with Gasteiger partial charge in [0.25, 0.3) is 5.91 Å². The van der Waals surface area contributed by atoms with Crippen molar-refractivity contribution in [2.24, 2.45) is 0 Å². The smallest absolute Gasteiger partial charge is 0.307 e. The molecule has 3 aromatic rings. The van der Waals surface area contributed by atoms with Crippen LogP contribution in [-0.2, 0) is 22.4 Å². The van der Waals surface area contributed by atoms with Gasteiger partial charge in [0, 0.05) is 16.6 Å². The van der Waals surface area contributed by atoms with E-state index >= 15 is 0 Å². The fraction of sp³-hybridized carbons (Fsp3) is 0.160. The normalized spacial score (nSPS) is 11.5. The van der Waals surface area contributed by atoms with E-state index in [2.05, 4.69) is 5.32 Å². The lowest BCUT2D eigenvalue weighted by atomic mass is 9.96. The Morgan fingerprint density at radius 2 is 1.53 bits per heavy atom. The number of carbonyl (C=O) groups is 3. The first kappa shape index (κ1) is 23.0. The molecule has 3 rings (SSSR count). The molecule has 6 nitrogen and oxygen atoms in total. The van der Waals surface area contributed by atoms with Gasteiger partial charge in [-0.1, -0.05) is 66.2 Å². The maximum atomic E-state index is 12.9. The molecule has 0 spiro atoms. The minimum Gasteiger partial charge on any atom is -0.481 e. The highest BCUT2D eigenvalue weighted by Gasteiger charge is 2.19. The molecule has 164 valence electrons. The van der Waals surface area contributed by atoms with E-state index in [0.717, 1.165) is 11.1 Å². The standard InChI is InChI=1S/C25H22ClNO5/c26-22-11-4-2-7-18(22)13-20(15-24(30)31)27-25(32)19-9-5-8-16(12-19)21-10-3-1-6-17(21)14-23(28)29/h1-12,20H,13-15H2,(H,27,32)(H,28,29)(H,30,31)/t20-/m1/s1. The van der Waals surface area contributed by atoms with Crippen LogP contribution in [0.2, 0.25) is 5.02 Å². The van der Waals surface area contributed by atoms with E-state index in [0.29, 0.717) is 21.7 Å². The fourth-order valence-electron chi connectivity index (χ4n) is 3.53. The maximum Gasteiger partial charge on any atom is 0.307 e. The van der Waals surface area contributed by atoms with Crippen LogP contribution in [0.3, 0.4) is 0 Å². The van der Waals surface area contributed by atoms with E-state index in [1.165, 1.54) is 0 Å². The lowest BCUT2D eigenvalue weighted by molar-refractivity contribution is -0.138. The van der Waals surface area contributed by atoms with E-state index < -0.39 is 23.9 Å². The molecule has 0 heterocycles. The largest absolute Gasteiger partial charge is 0.481 e. The molecular weight excluding hydrogens is 430 g/mol. The Hall–Kier alpha value is -3.64. The summed E-state index contributed by atoms with van der Waals surface area (Å²) in [6.45, 7) is 0. The third-order valence-corrected chi connectivity index (χ3v) is 5.34. The Balaban J connectivity index is 1.83. The van der Waals surface area contributed by atoms with Crippen molar-refractivity contribution < 1.29 is 24.6 Å². The molecule has 0 bridgehead atoms. The van der Waals surface area contributed by atoms with Crippen molar-refractivity contribution in [3.63, 3.8) is 0 Å². The predicted molar refractivity (Wildman–Crippen MR) is 122 cm³/mol. The minimum atomic E-state index is -1.03. The van der Waals surface area contributed by atoms with Crippen molar-refractivity contribution in [3.05, 3.63) is 94.5 Å². The Labute approximate surface area is 190 Å². The Bertz CT molecular complexity index is 1140. The van der Waals surface area contributed by atoms with Crippen LogP contribution in [0.4, 0.5) is 0 Å². The molecule has 0 unspecified atom stereocenters. The van der Waals surface area contributed by atoms with E-state index in [-0.39, 0.29) is 19.3 Å². The lowest BCUT2D eigenvalue weighted by Gasteiger charge is -2.18. The van der Waals surface area contributed by atoms with Gasteiger partial charge in [0.2, 0.25) is 0 Å². The summed E-state index contributed by atoms with van der Waals surface area (Å²) in [5.74, 6) is -2.39. The summed E-state index contributed by atoms with van der Waals surface area (Å²) in [7, 11) is 0. The van der Waals surface area contributed by atoms with Crippen LogP contribution in [0.25, 0.3) is 11.1 Å². The third-order valence-electron chi connectivity index (χ3n) is 4.98. The molecule has 0 aliphatic carbocycles. The summed E-state index contributed by atoms with van der Waals surface area (Å²) in [6.07, 6.45) is -0.109. The van der Waals surface area contributed by atoms with Crippen LogP contribution in [0.5, 0.6) is 0 Å². The van der Waals surface area contributed by atoms with Crippen LogP contribution in [-0.4, -0.2) is 34.1 Å². The van der Waals surface area contributed by atoms with E-state index in [1.54, 1.807) is 72.8 Å². The van der Waals surface area contributed by atoms with Crippen LogP contribution >= 0.6 is 11.6 Å². The molecule has 3 aromatic carbocycles. The van der Waals surface area contributed by atoms with Crippen LogP contribution in [0, 0.1) is 0 Å². The number of carboxylic acids is 2. The number of hydrogen-bond donors (Lipinski definition) is 3. The van der Waals surface area contributed by atoms with Gasteiger partial charge in [-0.05, 0) is 46.9 Å². The van der Waals surface area contributed by atoms with E-state index in [4.69, 9.17) is 11.6 Å². The van der Waals surface area contributed by atoms with Crippen LogP contribution in [0.1, 0.15) is 27.9 Å². The molecule has 0 radical (unpaired) electrons. The van der Waals surface area contributed by atoms with Gasteiger partial charge >= 0.3 is 11.9 Å². The van der Waals surface area contributed by atoms with Crippen molar-refractivity contribution in [3.8, 4) is 11.1 Å². The molecule has 32 heavy (non-hydrogen) atoms. The highest BCUT2D eigenvalue weighted by molar-refractivity contribution is 6.31. The SMILES string of the molecule is O=C(O)Cc1ccccc1-c1cccc(C(=O)N[C@@H](CC(=O)O)Cc2ccccc2Cl)c1. The van der Waals surface area contributed by atoms with Gasteiger partial charge in [0.1, 0.15) is 0 Å². The van der Waals surface area contributed by atoms with Crippen LogP contribution in [0.15, 0.2) is 72.8 Å². The van der Waals surface area contributed by atoms with Gasteiger partial charge in [-0.2, -0.15) is 0 Å². The average Bonchev–Trinajstić information content (AvgIpc) is 2.75. The molecule has 0 saturated carbocycles. The number of carbonyl (C=O) groups excluding carboxylic acids is 1. The van der Waals surface area contributed by atoms with Gasteiger partial charge in [-0.15, -0.1) is 0 Å². The Morgan fingerprint density at radius 1 is 0.844 bits per heavy atom. The number of carboxylic acid groups (broad SMARTS) is 2. The van der Waals surface area contributed by atoms with E-state index in [1.807, 2.05) is 0 Å². The molecule has 0 aliphatic heterocycles. The van der Waals surface area contributed by atoms with Crippen molar-refractivity contribution in [2.75, 3.05) is 0 Å². The number of benzene rings is 3. The first-order chi connectivity index (χ1) is 15.3. The quantitative estimate of drug-likeness (QED) is 0.446. The number of rotatable bonds is 9. The highest BCUT2D eigenvalue weighted by atomic mass is 35.5. The Morgan fingerprint density at radius 3 is 2.22 bits per heavy atom. The predicted octanol–water partition coefficient (Wildman–Crippen LogP) is 4.45. The molecule has 0 fully saturated rings. The zero-order valence-corrected chi connectivity index (χ0v) is 17.9. The van der Waals surface area contributed by atoms with Gasteiger partial charge in [-0.25, -0.2) is 0 Å². The van der Waals surface area contributed by atoms with Gasteiger partial charge in [-0.3, -0.25) is 14.4 Å². The second-order valence-corrected chi connectivity index (χ2v) is 7.78. The monoisotopic (exact) mass is 451 g/mol. The number of hydrogen-bond acceptors (Lipinski definition) is 3. The van der Waals surface area contributed by atoms with Crippen LogP contribution < -0.4 is 5.32 Å². The van der Waals surface area contributed by atoms with Crippen molar-refractivity contribution in [2.45, 2.75) is 25.3 Å². The molecule has 0 aromatic heterocycles. The summed E-state index contributed by atoms with van der Waals surface area (Å²) in [6, 6.07) is 20.4. The maximum absolute atomic E-state index is 12.9. The number of aliphatic carboxylic acids is 2. The Kier molecular flexibility index (Phi) is 7.63. The van der Waals surface area contributed by atoms with Gasteiger partial charge < -0.3 is 15.5 Å². The fourth-order valence-corrected chi connectivity index (χ4v) is 3.74. The first-order valence-electron chi connectivity index (χ1n) is 9.99. The summed E-state index contributed by atoms with van der Waals surface area (Å²) in [5, 5.41) is 21.8. The minimum absolute atomic E-state index is 0.134. The van der Waals surface area contributed by atoms with Crippen molar-refractivity contribution >= 4 is 29.4 Å².